The van der Waals surface area contributed by atoms with Crippen LogP contribution in [0.5, 0.6) is 0 Å². The molecule has 1 heterocycles. The molecule has 2 rings (SSSR count). The van der Waals surface area contributed by atoms with Gasteiger partial charge in [0.05, 0.1) is 4.88 Å². The van der Waals surface area contributed by atoms with Gasteiger partial charge in [-0.1, -0.05) is 22.0 Å². The van der Waals surface area contributed by atoms with Crippen LogP contribution in [0.1, 0.15) is 22.5 Å². The van der Waals surface area contributed by atoms with Gasteiger partial charge in [0.25, 0.3) is 5.91 Å². The molecule has 1 fully saturated rings. The molecule has 1 aliphatic carbocycles. The molecule has 0 aromatic carbocycles. The fraction of sp³-hybridized carbons (Fsp3) is 0.500. The van der Waals surface area contributed by atoms with Crippen molar-refractivity contribution in [2.45, 2.75) is 18.9 Å². The summed E-state index contributed by atoms with van der Waals surface area (Å²) in [5.41, 5.74) is 0. The lowest BCUT2D eigenvalue weighted by Crippen LogP contribution is -2.34. The quantitative estimate of drug-likeness (QED) is 0.773. The first-order chi connectivity index (χ1) is 6.83. The third-order valence-corrected chi connectivity index (χ3v) is 3.52. The molecule has 0 bridgehead atoms. The maximum absolute atomic E-state index is 12.0. The zero-order valence-electron chi connectivity index (χ0n) is 7.78. The molecule has 0 aliphatic heterocycles. The number of hydrogen-bond donors (Lipinski definition) is 0. The van der Waals surface area contributed by atoms with Crippen LogP contribution in [0, 0.1) is 0 Å². The van der Waals surface area contributed by atoms with Crippen molar-refractivity contribution in [3.05, 3.63) is 22.4 Å². The summed E-state index contributed by atoms with van der Waals surface area (Å²) in [7, 11) is 0. The van der Waals surface area contributed by atoms with Crippen LogP contribution in [0.15, 0.2) is 17.5 Å². The molecule has 14 heavy (non-hydrogen) atoms. The molecule has 4 heteroatoms. The summed E-state index contributed by atoms with van der Waals surface area (Å²) < 4.78 is 0. The van der Waals surface area contributed by atoms with Gasteiger partial charge >= 0.3 is 0 Å². The fourth-order valence-electron chi connectivity index (χ4n) is 1.47. The predicted molar refractivity (Wildman–Crippen MR) is 62.2 cm³/mol. The lowest BCUT2D eigenvalue weighted by molar-refractivity contribution is 0.0759. The molecule has 0 radical (unpaired) electrons. The summed E-state index contributed by atoms with van der Waals surface area (Å²) in [6, 6.07) is 4.33. The largest absolute Gasteiger partial charge is 0.334 e. The van der Waals surface area contributed by atoms with E-state index in [0.717, 1.165) is 16.8 Å². The number of amides is 1. The summed E-state index contributed by atoms with van der Waals surface area (Å²) >= 11 is 4.91. The van der Waals surface area contributed by atoms with Gasteiger partial charge in [0.15, 0.2) is 0 Å². The van der Waals surface area contributed by atoms with E-state index in [1.165, 1.54) is 24.2 Å². The smallest absolute Gasteiger partial charge is 0.264 e. The van der Waals surface area contributed by atoms with Gasteiger partial charge in [-0.15, -0.1) is 11.3 Å². The van der Waals surface area contributed by atoms with Gasteiger partial charge in [0.2, 0.25) is 0 Å². The first-order valence-corrected chi connectivity index (χ1v) is 6.73. The van der Waals surface area contributed by atoms with E-state index >= 15 is 0 Å². The van der Waals surface area contributed by atoms with E-state index in [1.807, 2.05) is 22.4 Å². The summed E-state index contributed by atoms with van der Waals surface area (Å²) in [5.74, 6) is 0.196. The highest BCUT2D eigenvalue weighted by Crippen LogP contribution is 2.28. The molecule has 1 aromatic heterocycles. The van der Waals surface area contributed by atoms with E-state index in [0.29, 0.717) is 6.04 Å². The van der Waals surface area contributed by atoms with Crippen molar-refractivity contribution in [3.8, 4) is 0 Å². The third kappa shape index (κ3) is 2.17. The highest BCUT2D eigenvalue weighted by atomic mass is 79.9. The Bertz CT molecular complexity index is 308. The molecule has 1 aromatic rings. The monoisotopic (exact) mass is 273 g/mol. The minimum absolute atomic E-state index is 0.196. The van der Waals surface area contributed by atoms with Crippen LogP contribution in [-0.4, -0.2) is 28.7 Å². The molecule has 1 aliphatic rings. The van der Waals surface area contributed by atoms with E-state index in [-0.39, 0.29) is 5.91 Å². The lowest BCUT2D eigenvalue weighted by Gasteiger charge is -2.20. The van der Waals surface area contributed by atoms with E-state index in [4.69, 9.17) is 0 Å². The Labute approximate surface area is 96.0 Å². The van der Waals surface area contributed by atoms with Crippen LogP contribution in [0.3, 0.4) is 0 Å². The van der Waals surface area contributed by atoms with Gasteiger partial charge in [0, 0.05) is 17.9 Å². The molecule has 76 valence electrons. The van der Waals surface area contributed by atoms with Crippen LogP contribution in [0.25, 0.3) is 0 Å². The van der Waals surface area contributed by atoms with Crippen LogP contribution in [0.4, 0.5) is 0 Å². The highest BCUT2D eigenvalue weighted by Gasteiger charge is 2.32. The Morgan fingerprint density at radius 2 is 2.43 bits per heavy atom. The van der Waals surface area contributed by atoms with Gasteiger partial charge in [0.1, 0.15) is 0 Å². The molecule has 2 nitrogen and oxygen atoms in total. The van der Waals surface area contributed by atoms with Gasteiger partial charge in [-0.25, -0.2) is 0 Å². The maximum Gasteiger partial charge on any atom is 0.264 e. The van der Waals surface area contributed by atoms with Crippen molar-refractivity contribution in [2.75, 3.05) is 11.9 Å². The van der Waals surface area contributed by atoms with E-state index in [2.05, 4.69) is 15.9 Å². The number of carbonyl (C=O) groups is 1. The zero-order chi connectivity index (χ0) is 9.97. The van der Waals surface area contributed by atoms with Gasteiger partial charge in [-0.3, -0.25) is 4.79 Å². The van der Waals surface area contributed by atoms with Crippen LogP contribution < -0.4 is 0 Å². The SMILES string of the molecule is O=C(c1cccs1)N(CCBr)C1CC1. The Balaban J connectivity index is 2.07. The Morgan fingerprint density at radius 3 is 2.93 bits per heavy atom. The third-order valence-electron chi connectivity index (χ3n) is 2.31. The van der Waals surface area contributed by atoms with Crippen LogP contribution in [0.2, 0.25) is 0 Å². The number of halogens is 1. The van der Waals surface area contributed by atoms with Crippen molar-refractivity contribution in [2.24, 2.45) is 0 Å². The summed E-state index contributed by atoms with van der Waals surface area (Å²) in [4.78, 5) is 14.8. The molecule has 1 amide bonds. The van der Waals surface area contributed by atoms with Crippen LogP contribution >= 0.6 is 27.3 Å². The van der Waals surface area contributed by atoms with Gasteiger partial charge in [-0.05, 0) is 24.3 Å². The number of rotatable bonds is 4. The molecular formula is C10H12BrNOS. The number of hydrogen-bond acceptors (Lipinski definition) is 2. The highest BCUT2D eigenvalue weighted by molar-refractivity contribution is 9.09. The molecule has 0 saturated heterocycles. The average Bonchev–Trinajstić information content (AvgIpc) is 2.88. The Morgan fingerprint density at radius 1 is 1.64 bits per heavy atom. The topological polar surface area (TPSA) is 20.3 Å². The maximum atomic E-state index is 12.0. The minimum atomic E-state index is 0.196. The first kappa shape index (κ1) is 10.2. The lowest BCUT2D eigenvalue weighted by atomic mass is 10.4. The summed E-state index contributed by atoms with van der Waals surface area (Å²) in [6.07, 6.45) is 2.34. The molecule has 0 unspecified atom stereocenters. The van der Waals surface area contributed by atoms with E-state index < -0.39 is 0 Å². The molecule has 0 atom stereocenters. The van der Waals surface area contributed by atoms with E-state index in [9.17, 15) is 4.79 Å². The second-order valence-electron chi connectivity index (χ2n) is 3.40. The second kappa shape index (κ2) is 4.45. The standard InChI is InChI=1S/C10H12BrNOS/c11-5-6-12(8-3-4-8)10(13)9-2-1-7-14-9/h1-2,7-8H,3-6H2. The minimum Gasteiger partial charge on any atom is -0.334 e. The predicted octanol–water partition coefficient (Wildman–Crippen LogP) is 2.75. The van der Waals surface area contributed by atoms with E-state index in [1.54, 1.807) is 0 Å². The first-order valence-electron chi connectivity index (χ1n) is 4.73. The number of thiophene rings is 1. The van der Waals surface area contributed by atoms with Crippen molar-refractivity contribution in [3.63, 3.8) is 0 Å². The average molecular weight is 274 g/mol. The number of carbonyl (C=O) groups excluding carboxylic acids is 1. The normalized spacial score (nSPS) is 15.5. The zero-order valence-corrected chi connectivity index (χ0v) is 10.2. The van der Waals surface area contributed by atoms with Gasteiger partial charge < -0.3 is 4.90 Å². The Kier molecular flexibility index (Phi) is 3.23. The molecule has 0 N–H and O–H groups in total. The summed E-state index contributed by atoms with van der Waals surface area (Å²) in [5, 5.41) is 2.81. The molecule has 0 spiro atoms. The van der Waals surface area contributed by atoms with Crippen molar-refractivity contribution < 1.29 is 4.79 Å². The fourth-order valence-corrected chi connectivity index (χ4v) is 2.53. The van der Waals surface area contributed by atoms with Crippen LogP contribution in [-0.2, 0) is 0 Å². The Hall–Kier alpha value is -0.350. The van der Waals surface area contributed by atoms with Crippen molar-refractivity contribution in [1.29, 1.82) is 0 Å². The van der Waals surface area contributed by atoms with Crippen molar-refractivity contribution >= 4 is 33.2 Å². The second-order valence-corrected chi connectivity index (χ2v) is 5.14. The number of nitrogens with zero attached hydrogens (tertiary/aromatic N) is 1. The summed E-state index contributed by atoms with van der Waals surface area (Å²) in [6.45, 7) is 0.821. The van der Waals surface area contributed by atoms with Crippen molar-refractivity contribution in [1.82, 2.24) is 4.90 Å². The number of alkyl halides is 1. The van der Waals surface area contributed by atoms with Gasteiger partial charge in [-0.2, -0.15) is 0 Å². The molecular weight excluding hydrogens is 262 g/mol. The molecule has 1 saturated carbocycles.